The third-order valence-electron chi connectivity index (χ3n) is 3.62. The van der Waals surface area contributed by atoms with Gasteiger partial charge in [0.1, 0.15) is 31.1 Å². The van der Waals surface area contributed by atoms with Crippen molar-refractivity contribution in [2.24, 2.45) is 0 Å². The number of benzene rings is 1. The van der Waals surface area contributed by atoms with Crippen LogP contribution in [0.5, 0.6) is 0 Å². The first kappa shape index (κ1) is 16.3. The molecule has 4 atom stereocenters. The Morgan fingerprint density at radius 1 is 1.23 bits per heavy atom. The van der Waals surface area contributed by atoms with E-state index in [1.807, 2.05) is 0 Å². The summed E-state index contributed by atoms with van der Waals surface area (Å²) in [6.07, 6.45) is -9.59. The number of hydrogen-bond donors (Lipinski definition) is 1. The van der Waals surface area contributed by atoms with Gasteiger partial charge in [0.25, 0.3) is 0 Å². The lowest BCUT2D eigenvalue weighted by Crippen LogP contribution is -2.43. The van der Waals surface area contributed by atoms with Crippen molar-refractivity contribution in [3.8, 4) is 6.07 Å². The van der Waals surface area contributed by atoms with Gasteiger partial charge in [0.2, 0.25) is 5.91 Å². The van der Waals surface area contributed by atoms with Crippen molar-refractivity contribution in [2.45, 2.75) is 43.4 Å². The first-order valence-electron chi connectivity index (χ1n) is 6.77. The average molecular weight is 314 g/mol. The van der Waals surface area contributed by atoms with Crippen molar-refractivity contribution >= 4 is 11.6 Å². The Labute approximate surface area is 124 Å². The zero-order valence-electron chi connectivity index (χ0n) is 11.5. The minimum Gasteiger partial charge on any atom is -0.325 e. The summed E-state index contributed by atoms with van der Waals surface area (Å²) < 4.78 is 54.8. The van der Waals surface area contributed by atoms with Gasteiger partial charge in [-0.1, -0.05) is 12.1 Å². The number of anilines is 1. The summed E-state index contributed by atoms with van der Waals surface area (Å²) in [4.78, 5) is 11.3. The molecule has 2 rings (SSSR count). The Hall–Kier alpha value is -2.10. The van der Waals surface area contributed by atoms with Gasteiger partial charge in [-0.2, -0.15) is 5.26 Å². The van der Waals surface area contributed by atoms with E-state index in [4.69, 9.17) is 5.26 Å². The number of amides is 1. The Bertz CT molecular complexity index is 575. The fraction of sp³-hybridized carbons (Fsp3) is 0.467. The molecular formula is C15H14F4N2O. The van der Waals surface area contributed by atoms with Crippen LogP contribution in [0.3, 0.4) is 0 Å². The minimum absolute atomic E-state index is 0.0692. The molecule has 22 heavy (non-hydrogen) atoms. The third kappa shape index (κ3) is 3.38. The van der Waals surface area contributed by atoms with Gasteiger partial charge in [-0.05, 0) is 17.7 Å². The molecule has 1 amide bonds. The number of nitrogens with one attached hydrogen (secondary N) is 1. The SMILES string of the molecule is N#CCC(=O)Nc1cccc(C2C(F)C(F)CC(F)C2F)c1. The molecule has 0 radical (unpaired) electrons. The monoisotopic (exact) mass is 314 g/mol. The van der Waals surface area contributed by atoms with Crippen molar-refractivity contribution in [1.82, 2.24) is 0 Å². The molecule has 1 aromatic carbocycles. The predicted octanol–water partition coefficient (Wildman–Crippen LogP) is 3.38. The highest BCUT2D eigenvalue weighted by Crippen LogP contribution is 2.40. The predicted molar refractivity (Wildman–Crippen MR) is 72.2 cm³/mol. The number of nitriles is 1. The van der Waals surface area contributed by atoms with Crippen LogP contribution in [0, 0.1) is 11.3 Å². The molecule has 0 aromatic heterocycles. The molecule has 118 valence electrons. The number of carbonyl (C=O) groups excluding carboxylic acids is 1. The second-order valence-electron chi connectivity index (χ2n) is 5.19. The van der Waals surface area contributed by atoms with Crippen LogP contribution in [0.4, 0.5) is 23.2 Å². The Morgan fingerprint density at radius 3 is 2.45 bits per heavy atom. The second-order valence-corrected chi connectivity index (χ2v) is 5.19. The van der Waals surface area contributed by atoms with Gasteiger partial charge in [-0.15, -0.1) is 0 Å². The Morgan fingerprint density at radius 2 is 1.86 bits per heavy atom. The molecule has 1 fully saturated rings. The van der Waals surface area contributed by atoms with E-state index >= 15 is 0 Å². The summed E-state index contributed by atoms with van der Waals surface area (Å²) in [5.74, 6) is -2.14. The fourth-order valence-corrected chi connectivity index (χ4v) is 2.57. The zero-order chi connectivity index (χ0) is 16.3. The highest BCUT2D eigenvalue weighted by Gasteiger charge is 2.47. The van der Waals surface area contributed by atoms with E-state index in [0.29, 0.717) is 0 Å². The number of rotatable bonds is 3. The van der Waals surface area contributed by atoms with Crippen molar-refractivity contribution in [1.29, 1.82) is 5.26 Å². The Balaban J connectivity index is 2.24. The Kier molecular flexibility index (Phi) is 5.01. The molecule has 0 heterocycles. The van der Waals surface area contributed by atoms with E-state index < -0.39 is 42.9 Å². The number of alkyl halides is 4. The maximum atomic E-state index is 14.0. The molecule has 0 aliphatic heterocycles. The van der Waals surface area contributed by atoms with E-state index in [2.05, 4.69) is 5.32 Å². The third-order valence-corrected chi connectivity index (χ3v) is 3.62. The number of hydrogen-bond acceptors (Lipinski definition) is 2. The molecule has 0 spiro atoms. The maximum absolute atomic E-state index is 14.0. The molecule has 1 saturated carbocycles. The average Bonchev–Trinajstić information content (AvgIpc) is 2.46. The van der Waals surface area contributed by atoms with Crippen LogP contribution in [0.2, 0.25) is 0 Å². The quantitative estimate of drug-likeness (QED) is 0.870. The van der Waals surface area contributed by atoms with E-state index in [0.717, 1.165) is 0 Å². The summed E-state index contributed by atoms with van der Waals surface area (Å²) >= 11 is 0. The molecule has 1 aliphatic carbocycles. The minimum atomic E-state index is -2.15. The fourth-order valence-electron chi connectivity index (χ4n) is 2.57. The van der Waals surface area contributed by atoms with Crippen LogP contribution < -0.4 is 5.32 Å². The number of halogens is 4. The molecule has 1 aliphatic rings. The van der Waals surface area contributed by atoms with Crippen LogP contribution in [0.1, 0.15) is 24.3 Å². The van der Waals surface area contributed by atoms with Crippen LogP contribution >= 0.6 is 0 Å². The van der Waals surface area contributed by atoms with E-state index in [1.54, 1.807) is 6.07 Å². The van der Waals surface area contributed by atoms with Gasteiger partial charge in [0.15, 0.2) is 0 Å². The van der Waals surface area contributed by atoms with Gasteiger partial charge in [-0.25, -0.2) is 17.6 Å². The first-order chi connectivity index (χ1) is 10.4. The molecule has 4 unspecified atom stereocenters. The molecule has 0 bridgehead atoms. The normalized spacial score (nSPS) is 31.3. The molecule has 3 nitrogen and oxygen atoms in total. The van der Waals surface area contributed by atoms with Crippen molar-refractivity contribution < 1.29 is 22.4 Å². The lowest BCUT2D eigenvalue weighted by atomic mass is 9.79. The maximum Gasteiger partial charge on any atom is 0.238 e. The van der Waals surface area contributed by atoms with Crippen molar-refractivity contribution in [3.05, 3.63) is 29.8 Å². The van der Waals surface area contributed by atoms with Crippen LogP contribution in [-0.4, -0.2) is 30.6 Å². The summed E-state index contributed by atoms with van der Waals surface area (Å²) in [5.41, 5.74) is 0.285. The number of carbonyl (C=O) groups is 1. The lowest BCUT2D eigenvalue weighted by molar-refractivity contribution is -0.115. The first-order valence-corrected chi connectivity index (χ1v) is 6.77. The van der Waals surface area contributed by atoms with Gasteiger partial charge < -0.3 is 5.32 Å². The van der Waals surface area contributed by atoms with Gasteiger partial charge in [0, 0.05) is 12.1 Å². The van der Waals surface area contributed by atoms with Gasteiger partial charge >= 0.3 is 0 Å². The molecule has 7 heteroatoms. The smallest absolute Gasteiger partial charge is 0.238 e. The molecular weight excluding hydrogens is 300 g/mol. The highest BCUT2D eigenvalue weighted by molar-refractivity contribution is 5.92. The van der Waals surface area contributed by atoms with Gasteiger partial charge in [0.05, 0.1) is 12.0 Å². The van der Waals surface area contributed by atoms with Crippen molar-refractivity contribution in [2.75, 3.05) is 5.32 Å². The summed E-state index contributed by atoms with van der Waals surface area (Å²) in [6, 6.07) is 7.17. The van der Waals surface area contributed by atoms with Crippen LogP contribution in [0.15, 0.2) is 24.3 Å². The van der Waals surface area contributed by atoms with E-state index in [-0.39, 0.29) is 17.7 Å². The lowest BCUT2D eigenvalue weighted by Gasteiger charge is -2.34. The van der Waals surface area contributed by atoms with E-state index in [1.165, 1.54) is 24.3 Å². The van der Waals surface area contributed by atoms with E-state index in [9.17, 15) is 22.4 Å². The highest BCUT2D eigenvalue weighted by atomic mass is 19.2. The number of nitrogens with zero attached hydrogens (tertiary/aromatic N) is 1. The molecule has 1 aromatic rings. The second kappa shape index (κ2) is 6.77. The van der Waals surface area contributed by atoms with Crippen LogP contribution in [-0.2, 0) is 4.79 Å². The summed E-state index contributed by atoms with van der Waals surface area (Å²) in [7, 11) is 0. The van der Waals surface area contributed by atoms with Crippen LogP contribution in [0.25, 0.3) is 0 Å². The largest absolute Gasteiger partial charge is 0.325 e. The standard InChI is InChI=1S/C15H14F4N2O/c16-10-7-11(17)15(19)13(14(10)18)8-2-1-3-9(6-8)21-12(22)4-5-20/h1-3,6,10-11,13-15H,4,7H2,(H,21,22). The zero-order valence-corrected chi connectivity index (χ0v) is 11.5. The molecule has 0 saturated heterocycles. The van der Waals surface area contributed by atoms with Crippen molar-refractivity contribution in [3.63, 3.8) is 0 Å². The summed E-state index contributed by atoms with van der Waals surface area (Å²) in [5, 5.41) is 10.8. The summed E-state index contributed by atoms with van der Waals surface area (Å²) in [6.45, 7) is 0. The van der Waals surface area contributed by atoms with Gasteiger partial charge in [-0.3, -0.25) is 4.79 Å². The topological polar surface area (TPSA) is 52.9 Å². The molecule has 1 N–H and O–H groups in total.